The third-order valence-electron chi connectivity index (χ3n) is 9.41. The molecule has 10 heteroatoms. The second-order valence-corrected chi connectivity index (χ2v) is 14.1. The zero-order valence-electron chi connectivity index (χ0n) is 30.1. The maximum absolute atomic E-state index is 11.6. The minimum Gasteiger partial charge on any atom is -0.479 e. The van der Waals surface area contributed by atoms with Crippen LogP contribution in [0.15, 0.2) is 77.7 Å². The van der Waals surface area contributed by atoms with E-state index < -0.39 is 12.1 Å². The Hall–Kier alpha value is -4.84. The predicted octanol–water partition coefficient (Wildman–Crippen LogP) is 4.37. The van der Waals surface area contributed by atoms with E-state index in [4.69, 9.17) is 0 Å². The number of carbonyl (C=O) groups is 3. The van der Waals surface area contributed by atoms with Crippen molar-refractivity contribution in [3.63, 3.8) is 0 Å². The topological polar surface area (TPSA) is 105 Å². The number of aryl methyl sites for hydroxylation is 1. The summed E-state index contributed by atoms with van der Waals surface area (Å²) in [6, 6.07) is 22.0. The Kier molecular flexibility index (Phi) is 13.7. The fraction of sp³-hybridized carbons (Fsp3) is 0.357. The predicted molar refractivity (Wildman–Crippen MR) is 206 cm³/mol. The van der Waals surface area contributed by atoms with Crippen LogP contribution in [-0.4, -0.2) is 119 Å². The summed E-state index contributed by atoms with van der Waals surface area (Å²) in [6.45, 7) is 12.7. The van der Waals surface area contributed by atoms with Gasteiger partial charge in [0.1, 0.15) is 0 Å². The van der Waals surface area contributed by atoms with Gasteiger partial charge in [-0.2, -0.15) is 0 Å². The van der Waals surface area contributed by atoms with Gasteiger partial charge in [0.15, 0.2) is 6.10 Å². The number of hydrogen-bond donors (Lipinski definition) is 2. The largest absolute Gasteiger partial charge is 0.479 e. The van der Waals surface area contributed by atoms with E-state index in [9.17, 15) is 24.6 Å². The smallest absolute Gasteiger partial charge is 0.337 e. The molecule has 5 rings (SSSR count). The molecule has 2 amide bonds. The van der Waals surface area contributed by atoms with Crippen LogP contribution in [0.2, 0.25) is 0 Å². The van der Waals surface area contributed by atoms with Crippen molar-refractivity contribution in [2.45, 2.75) is 31.8 Å². The van der Waals surface area contributed by atoms with Crippen LogP contribution in [0.3, 0.4) is 0 Å². The van der Waals surface area contributed by atoms with E-state index in [1.165, 1.54) is 0 Å². The van der Waals surface area contributed by atoms with Gasteiger partial charge in [-0.05, 0) is 71.1 Å². The number of aliphatic hydroxyl groups excluding tert-OH is 1. The molecule has 0 radical (unpaired) electrons. The molecule has 1 atom stereocenters. The fourth-order valence-electron chi connectivity index (χ4n) is 6.22. The van der Waals surface area contributed by atoms with Crippen LogP contribution in [0.4, 0.5) is 0 Å². The summed E-state index contributed by atoms with van der Waals surface area (Å²) in [5.74, 6) is 12.8. The van der Waals surface area contributed by atoms with Crippen LogP contribution in [0, 0.1) is 30.6 Å². The highest BCUT2D eigenvalue weighted by atomic mass is 32.2. The number of carbonyl (C=O) groups excluding carboxylic acids is 2. The van der Waals surface area contributed by atoms with Gasteiger partial charge in [0.05, 0.1) is 13.1 Å². The zero-order valence-corrected chi connectivity index (χ0v) is 30.9. The molecule has 2 fully saturated rings. The lowest BCUT2D eigenvalue weighted by molar-refractivity contribution is -0.147. The number of benzene rings is 3. The van der Waals surface area contributed by atoms with E-state index in [0.717, 1.165) is 90.6 Å². The number of nitrogens with zero attached hydrogens (tertiary/aromatic N) is 4. The van der Waals surface area contributed by atoms with Gasteiger partial charge in [0.25, 0.3) is 0 Å². The van der Waals surface area contributed by atoms with Crippen molar-refractivity contribution in [2.24, 2.45) is 0 Å². The SMILES string of the molecule is CC(=O)N1CCN(CC#Cc2ccc(C(=CCSc3ccc(C(O)C(=O)O)c(C)c3)c3ccc(C#CCN4CCN(C(C)=O)CC4)cc3)cc2)CC1. The summed E-state index contributed by atoms with van der Waals surface area (Å²) in [5.41, 5.74) is 6.20. The van der Waals surface area contributed by atoms with Gasteiger partial charge in [0, 0.05) is 88.0 Å². The van der Waals surface area contributed by atoms with Crippen molar-refractivity contribution >= 4 is 35.1 Å². The Morgan fingerprint density at radius 2 is 1.19 bits per heavy atom. The number of thioether (sulfide) groups is 1. The van der Waals surface area contributed by atoms with Crippen LogP contribution in [0.25, 0.3) is 5.57 Å². The first-order valence-electron chi connectivity index (χ1n) is 17.6. The van der Waals surface area contributed by atoms with Crippen LogP contribution in [0.5, 0.6) is 0 Å². The monoisotopic (exact) mass is 718 g/mol. The molecule has 270 valence electrons. The highest BCUT2D eigenvalue weighted by Crippen LogP contribution is 2.29. The standard InChI is InChI=1S/C42H46N4O5S/c1-31-30-38(16-17-39(31)41(49)42(50)51)52-29-18-40(36-12-8-34(9-13-36)6-4-19-43-21-25-45(26-22-43)32(2)47)37-14-10-35(11-15-37)7-5-20-44-23-27-46(28-24-44)33(3)48/h8-18,30,41,49H,19-29H2,1-3H3,(H,50,51). The van der Waals surface area contributed by atoms with Crippen LogP contribution in [-0.2, 0) is 14.4 Å². The molecule has 2 N–H and O–H groups in total. The van der Waals surface area contributed by atoms with E-state index in [-0.39, 0.29) is 11.8 Å². The number of rotatable bonds is 9. The maximum Gasteiger partial charge on any atom is 0.337 e. The number of hydrogen-bond acceptors (Lipinski definition) is 7. The number of aliphatic carboxylic acids is 1. The normalized spacial score (nSPS) is 15.5. The number of aliphatic hydroxyl groups is 1. The summed E-state index contributed by atoms with van der Waals surface area (Å²) in [7, 11) is 0. The molecule has 2 aliphatic heterocycles. The molecule has 0 bridgehead atoms. The molecule has 52 heavy (non-hydrogen) atoms. The summed E-state index contributed by atoms with van der Waals surface area (Å²) < 4.78 is 0. The maximum atomic E-state index is 11.6. The number of carboxylic acid groups (broad SMARTS) is 1. The minimum atomic E-state index is -1.54. The second-order valence-electron chi connectivity index (χ2n) is 13.0. The van der Waals surface area contributed by atoms with Crippen LogP contribution >= 0.6 is 11.8 Å². The lowest BCUT2D eigenvalue weighted by atomic mass is 9.96. The molecule has 3 aromatic rings. The first-order chi connectivity index (χ1) is 25.1. The van der Waals surface area contributed by atoms with E-state index in [1.54, 1.807) is 31.7 Å². The zero-order chi connectivity index (χ0) is 37.0. The average molecular weight is 719 g/mol. The van der Waals surface area contributed by atoms with Crippen molar-refractivity contribution < 1.29 is 24.6 Å². The van der Waals surface area contributed by atoms with E-state index in [0.29, 0.717) is 24.4 Å². The van der Waals surface area contributed by atoms with Crippen LogP contribution < -0.4 is 0 Å². The molecule has 1 unspecified atom stereocenters. The first-order valence-corrected chi connectivity index (χ1v) is 18.5. The average Bonchev–Trinajstić information content (AvgIpc) is 3.14. The van der Waals surface area contributed by atoms with Crippen molar-refractivity contribution in [3.8, 4) is 23.7 Å². The summed E-state index contributed by atoms with van der Waals surface area (Å²) >= 11 is 1.64. The molecule has 0 saturated carbocycles. The molecule has 2 aliphatic rings. The van der Waals surface area contributed by atoms with Gasteiger partial charge >= 0.3 is 5.97 Å². The molecule has 0 spiro atoms. The van der Waals surface area contributed by atoms with Crippen molar-refractivity contribution in [1.29, 1.82) is 0 Å². The van der Waals surface area contributed by atoms with Crippen molar-refractivity contribution in [1.82, 2.24) is 19.6 Å². The third-order valence-corrected chi connectivity index (χ3v) is 10.3. The van der Waals surface area contributed by atoms with Gasteiger partial charge in [-0.3, -0.25) is 19.4 Å². The molecule has 3 aromatic carbocycles. The Balaban J connectivity index is 1.28. The Morgan fingerprint density at radius 3 is 1.60 bits per heavy atom. The number of amides is 2. The molecule has 9 nitrogen and oxygen atoms in total. The van der Waals surface area contributed by atoms with Crippen molar-refractivity contribution in [3.05, 3.63) is 106 Å². The highest BCUT2D eigenvalue weighted by Gasteiger charge is 2.19. The molecular formula is C42H46N4O5S. The lowest BCUT2D eigenvalue weighted by Gasteiger charge is -2.32. The summed E-state index contributed by atoms with van der Waals surface area (Å²) in [5, 5.41) is 19.2. The molecule has 0 aromatic heterocycles. The first kappa shape index (κ1) is 38.4. The van der Waals surface area contributed by atoms with Gasteiger partial charge in [0.2, 0.25) is 11.8 Å². The van der Waals surface area contributed by atoms with Crippen LogP contribution in [0.1, 0.15) is 53.3 Å². The number of carboxylic acids is 1. The Labute approximate surface area is 311 Å². The molecule has 2 heterocycles. The van der Waals surface area contributed by atoms with Crippen molar-refractivity contribution in [2.75, 3.05) is 71.2 Å². The van der Waals surface area contributed by atoms with Gasteiger partial charge in [-0.25, -0.2) is 4.79 Å². The van der Waals surface area contributed by atoms with E-state index >= 15 is 0 Å². The second kappa shape index (κ2) is 18.6. The van der Waals surface area contributed by atoms with E-state index in [1.807, 2.05) is 53.1 Å². The quantitative estimate of drug-likeness (QED) is 0.249. The fourth-order valence-corrected chi connectivity index (χ4v) is 7.08. The van der Waals surface area contributed by atoms with Gasteiger partial charge in [-0.1, -0.05) is 60.1 Å². The Bertz CT molecular complexity index is 1790. The highest BCUT2D eigenvalue weighted by molar-refractivity contribution is 7.99. The molecule has 2 saturated heterocycles. The minimum absolute atomic E-state index is 0.123. The Morgan fingerprint density at radius 1 is 0.731 bits per heavy atom. The van der Waals surface area contributed by atoms with E-state index in [2.05, 4.69) is 63.8 Å². The lowest BCUT2D eigenvalue weighted by Crippen LogP contribution is -2.47. The number of piperazine rings is 2. The molecular weight excluding hydrogens is 673 g/mol. The van der Waals surface area contributed by atoms with Gasteiger partial charge in [-0.15, -0.1) is 11.8 Å². The summed E-state index contributed by atoms with van der Waals surface area (Å²) in [4.78, 5) is 43.8. The van der Waals surface area contributed by atoms with Gasteiger partial charge < -0.3 is 20.0 Å². The summed E-state index contributed by atoms with van der Waals surface area (Å²) in [6.07, 6.45) is 0.653. The molecule has 0 aliphatic carbocycles. The third kappa shape index (κ3) is 10.8.